The van der Waals surface area contributed by atoms with Crippen LogP contribution in [0.15, 0.2) is 53.4 Å². The van der Waals surface area contributed by atoms with Crippen LogP contribution >= 0.6 is 0 Å². The summed E-state index contributed by atoms with van der Waals surface area (Å²) in [4.78, 5) is 12.2. The van der Waals surface area contributed by atoms with Gasteiger partial charge in [-0.2, -0.15) is 5.26 Å². The fourth-order valence-corrected chi connectivity index (χ4v) is 2.68. The molecule has 0 fully saturated rings. The molecule has 0 aliphatic heterocycles. The van der Waals surface area contributed by atoms with E-state index in [-0.39, 0.29) is 21.8 Å². The normalized spacial score (nSPS) is 11.0. The van der Waals surface area contributed by atoms with Crippen LogP contribution in [-0.2, 0) is 10.0 Å². The van der Waals surface area contributed by atoms with Gasteiger partial charge >= 0.3 is 5.97 Å². The molecule has 6 nitrogen and oxygen atoms in total. The summed E-state index contributed by atoms with van der Waals surface area (Å²) in [5.41, 5.74) is 0.433. The summed E-state index contributed by atoms with van der Waals surface area (Å²) < 4.78 is 30.2. The lowest BCUT2D eigenvalue weighted by Gasteiger charge is -2.11. The Morgan fingerprint density at radius 1 is 1.09 bits per heavy atom. The number of para-hydroxylation sites is 1. The van der Waals surface area contributed by atoms with E-state index in [9.17, 15) is 13.2 Å². The zero-order valence-corrected chi connectivity index (χ0v) is 13.4. The molecule has 2 aromatic rings. The third kappa shape index (κ3) is 3.56. The van der Waals surface area contributed by atoms with Crippen LogP contribution < -0.4 is 4.74 Å². The van der Waals surface area contributed by atoms with Crippen molar-refractivity contribution >= 4 is 16.0 Å². The summed E-state index contributed by atoms with van der Waals surface area (Å²) in [6.07, 6.45) is 0. The summed E-state index contributed by atoms with van der Waals surface area (Å²) in [6.45, 7) is 0. The van der Waals surface area contributed by atoms with E-state index >= 15 is 0 Å². The van der Waals surface area contributed by atoms with Gasteiger partial charge in [-0.15, -0.1) is 0 Å². The van der Waals surface area contributed by atoms with Crippen molar-refractivity contribution in [1.29, 1.82) is 5.26 Å². The molecule has 0 radical (unpaired) electrons. The van der Waals surface area contributed by atoms with Crippen molar-refractivity contribution in [3.63, 3.8) is 0 Å². The Morgan fingerprint density at radius 3 is 2.26 bits per heavy atom. The molecule has 0 heterocycles. The highest BCUT2D eigenvalue weighted by Gasteiger charge is 2.18. The second kappa shape index (κ2) is 6.60. The van der Waals surface area contributed by atoms with Gasteiger partial charge in [-0.05, 0) is 36.4 Å². The van der Waals surface area contributed by atoms with E-state index in [1.807, 2.05) is 6.07 Å². The number of carbonyl (C=O) groups excluding carboxylic acids is 1. The quantitative estimate of drug-likeness (QED) is 0.632. The highest BCUT2D eigenvalue weighted by molar-refractivity contribution is 7.89. The number of nitrogens with zero attached hydrogens (tertiary/aromatic N) is 2. The van der Waals surface area contributed by atoms with E-state index in [4.69, 9.17) is 10.00 Å². The lowest BCUT2D eigenvalue weighted by Crippen LogP contribution is -2.22. The molecule has 7 heteroatoms. The summed E-state index contributed by atoms with van der Waals surface area (Å²) in [5, 5.41) is 8.97. The molecule has 2 rings (SSSR count). The number of hydrogen-bond acceptors (Lipinski definition) is 5. The summed E-state index contributed by atoms with van der Waals surface area (Å²) in [5.74, 6) is -0.508. The van der Waals surface area contributed by atoms with Crippen LogP contribution in [0.2, 0.25) is 0 Å². The maximum absolute atomic E-state index is 12.1. The molecule has 0 spiro atoms. The Labute approximate surface area is 134 Å². The van der Waals surface area contributed by atoms with E-state index in [1.165, 1.54) is 50.5 Å². The standard InChI is InChI=1S/C16H14N2O4S/c1-18(2)23(20,21)14-9-7-12(8-10-14)16(19)22-15-6-4-3-5-13(15)11-17/h3-10H,1-2H3. The number of nitriles is 1. The zero-order chi connectivity index (χ0) is 17.0. The molecule has 0 saturated heterocycles. The number of hydrogen-bond donors (Lipinski definition) is 0. The van der Waals surface area contributed by atoms with Gasteiger partial charge in [-0.3, -0.25) is 0 Å². The second-order valence-corrected chi connectivity index (χ2v) is 6.96. The van der Waals surface area contributed by atoms with Crippen LogP contribution in [0.25, 0.3) is 0 Å². The van der Waals surface area contributed by atoms with Gasteiger partial charge in [0.05, 0.1) is 16.0 Å². The molecule has 0 saturated carbocycles. The molecule has 0 aromatic heterocycles. The first kappa shape index (κ1) is 16.7. The van der Waals surface area contributed by atoms with Crippen LogP contribution in [0, 0.1) is 11.3 Å². The number of ether oxygens (including phenoxy) is 1. The van der Waals surface area contributed by atoms with E-state index in [1.54, 1.807) is 12.1 Å². The van der Waals surface area contributed by atoms with Gasteiger partial charge in [0.2, 0.25) is 10.0 Å². The molecule has 0 aliphatic carbocycles. The van der Waals surface area contributed by atoms with Gasteiger partial charge in [0.1, 0.15) is 11.8 Å². The van der Waals surface area contributed by atoms with Gasteiger partial charge in [-0.25, -0.2) is 17.5 Å². The maximum Gasteiger partial charge on any atom is 0.343 e. The van der Waals surface area contributed by atoms with Gasteiger partial charge in [0.25, 0.3) is 0 Å². The minimum Gasteiger partial charge on any atom is -0.422 e. The molecule has 0 unspecified atom stereocenters. The summed E-state index contributed by atoms with van der Waals surface area (Å²) >= 11 is 0. The van der Waals surface area contributed by atoms with Crippen molar-refractivity contribution in [2.24, 2.45) is 0 Å². The van der Waals surface area contributed by atoms with Gasteiger partial charge in [0.15, 0.2) is 0 Å². The van der Waals surface area contributed by atoms with Crippen LogP contribution in [0.3, 0.4) is 0 Å². The van der Waals surface area contributed by atoms with E-state index in [2.05, 4.69) is 0 Å². The minimum absolute atomic E-state index is 0.0801. The highest BCUT2D eigenvalue weighted by Crippen LogP contribution is 2.19. The van der Waals surface area contributed by atoms with E-state index in [0.717, 1.165) is 4.31 Å². The van der Waals surface area contributed by atoms with Crippen molar-refractivity contribution in [1.82, 2.24) is 4.31 Å². The Kier molecular flexibility index (Phi) is 4.79. The Balaban J connectivity index is 2.23. The molecule has 0 bridgehead atoms. The molecule has 0 aliphatic rings. The number of benzene rings is 2. The van der Waals surface area contributed by atoms with Gasteiger partial charge in [0, 0.05) is 14.1 Å². The number of carbonyl (C=O) groups is 1. The Bertz CT molecular complexity index is 866. The van der Waals surface area contributed by atoms with Gasteiger partial charge < -0.3 is 4.74 Å². The SMILES string of the molecule is CN(C)S(=O)(=O)c1ccc(C(=O)Oc2ccccc2C#N)cc1. The largest absolute Gasteiger partial charge is 0.422 e. The molecule has 0 atom stereocenters. The maximum atomic E-state index is 12.1. The van der Waals surface area contributed by atoms with Crippen molar-refractivity contribution in [2.45, 2.75) is 4.90 Å². The molecule has 0 amide bonds. The van der Waals surface area contributed by atoms with Crippen molar-refractivity contribution in [2.75, 3.05) is 14.1 Å². The lowest BCUT2D eigenvalue weighted by atomic mass is 10.2. The zero-order valence-electron chi connectivity index (χ0n) is 12.6. The Morgan fingerprint density at radius 2 is 1.70 bits per heavy atom. The van der Waals surface area contributed by atoms with Crippen LogP contribution in [-0.4, -0.2) is 32.8 Å². The highest BCUT2D eigenvalue weighted by atomic mass is 32.2. The molecule has 118 valence electrons. The van der Waals surface area contributed by atoms with Crippen molar-refractivity contribution < 1.29 is 17.9 Å². The fraction of sp³-hybridized carbons (Fsp3) is 0.125. The third-order valence-corrected chi connectivity index (χ3v) is 4.91. The Hall–Kier alpha value is -2.69. The smallest absolute Gasteiger partial charge is 0.343 e. The molecule has 0 N–H and O–H groups in total. The summed E-state index contributed by atoms with van der Waals surface area (Å²) in [6, 6.07) is 13.7. The van der Waals surface area contributed by atoms with Crippen LogP contribution in [0.5, 0.6) is 5.75 Å². The monoisotopic (exact) mass is 330 g/mol. The first-order valence-electron chi connectivity index (χ1n) is 6.60. The van der Waals surface area contributed by atoms with Gasteiger partial charge in [-0.1, -0.05) is 12.1 Å². The first-order valence-corrected chi connectivity index (χ1v) is 8.04. The number of rotatable bonds is 4. The molecule has 2 aromatic carbocycles. The average Bonchev–Trinajstić information content (AvgIpc) is 2.55. The molecular weight excluding hydrogens is 316 g/mol. The van der Waals surface area contributed by atoms with Crippen molar-refractivity contribution in [3.05, 3.63) is 59.7 Å². The first-order chi connectivity index (χ1) is 10.9. The average molecular weight is 330 g/mol. The number of sulfonamides is 1. The minimum atomic E-state index is -3.55. The molecular formula is C16H14N2O4S. The topological polar surface area (TPSA) is 87.5 Å². The van der Waals surface area contributed by atoms with E-state index in [0.29, 0.717) is 0 Å². The van der Waals surface area contributed by atoms with Crippen LogP contribution in [0.4, 0.5) is 0 Å². The second-order valence-electron chi connectivity index (χ2n) is 4.81. The summed E-state index contributed by atoms with van der Waals surface area (Å²) in [7, 11) is -0.697. The van der Waals surface area contributed by atoms with Crippen LogP contribution in [0.1, 0.15) is 15.9 Å². The van der Waals surface area contributed by atoms with Crippen molar-refractivity contribution in [3.8, 4) is 11.8 Å². The third-order valence-electron chi connectivity index (χ3n) is 3.08. The number of esters is 1. The predicted octanol–water partition coefficient (Wildman–Crippen LogP) is 2.03. The van der Waals surface area contributed by atoms with E-state index < -0.39 is 16.0 Å². The lowest BCUT2D eigenvalue weighted by molar-refractivity contribution is 0.0734. The molecule has 23 heavy (non-hydrogen) atoms. The fourth-order valence-electron chi connectivity index (χ4n) is 1.78. The predicted molar refractivity (Wildman–Crippen MR) is 83.4 cm³/mol.